The number of hydrogen-bond acceptors (Lipinski definition) is 6. The second kappa shape index (κ2) is 7.56. The number of nitrogens with zero attached hydrogens (tertiary/aromatic N) is 6. The largest absolute Gasteiger partial charge is 0.437 e. The van der Waals surface area contributed by atoms with Gasteiger partial charge in [-0.05, 0) is 46.6 Å². The van der Waals surface area contributed by atoms with Crippen molar-refractivity contribution in [2.45, 2.75) is 45.5 Å². The third kappa shape index (κ3) is 3.64. The Kier molecular flexibility index (Phi) is 5.12. The van der Waals surface area contributed by atoms with Crippen molar-refractivity contribution in [3.05, 3.63) is 30.4 Å². The number of anilines is 1. The molecule has 0 aromatic carbocycles. The highest BCUT2D eigenvalue weighted by Crippen LogP contribution is 2.31. The van der Waals surface area contributed by atoms with Crippen LogP contribution >= 0.6 is 0 Å². The van der Waals surface area contributed by atoms with E-state index < -0.39 is 7.05 Å². The Labute approximate surface area is 165 Å². The van der Waals surface area contributed by atoms with Gasteiger partial charge in [-0.2, -0.15) is 14.7 Å². The zero-order chi connectivity index (χ0) is 19.8. The summed E-state index contributed by atoms with van der Waals surface area (Å²) in [6.45, 7) is 7.82. The molecule has 8 nitrogen and oxygen atoms in total. The first-order valence-electron chi connectivity index (χ1n) is 9.98. The number of fused-ring (bicyclic) bond motifs is 1. The molecule has 0 saturated carbocycles. The lowest BCUT2D eigenvalue weighted by molar-refractivity contribution is 0.283. The molecule has 0 bridgehead atoms. The van der Waals surface area contributed by atoms with E-state index in [9.17, 15) is 5.02 Å². The van der Waals surface area contributed by atoms with E-state index in [2.05, 4.69) is 40.2 Å². The normalized spacial score (nSPS) is 18.1. The van der Waals surface area contributed by atoms with E-state index in [1.807, 2.05) is 37.0 Å². The summed E-state index contributed by atoms with van der Waals surface area (Å²) in [4.78, 5) is 7.14. The van der Waals surface area contributed by atoms with Crippen LogP contribution in [0.4, 0.5) is 5.82 Å². The lowest BCUT2D eigenvalue weighted by Gasteiger charge is -2.33. The Morgan fingerprint density at radius 2 is 2.11 bits per heavy atom. The van der Waals surface area contributed by atoms with Gasteiger partial charge in [-0.3, -0.25) is 4.68 Å². The summed E-state index contributed by atoms with van der Waals surface area (Å²) in [6, 6.07) is 2.40. The first-order chi connectivity index (χ1) is 13.4. The van der Waals surface area contributed by atoms with Crippen molar-refractivity contribution >= 4 is 18.5 Å². The minimum Gasteiger partial charge on any atom is -0.437 e. The quantitative estimate of drug-likeness (QED) is 0.660. The van der Waals surface area contributed by atoms with Gasteiger partial charge in [0.2, 0.25) is 0 Å². The Morgan fingerprint density at radius 3 is 2.79 bits per heavy atom. The van der Waals surface area contributed by atoms with E-state index in [0.717, 1.165) is 54.2 Å². The summed E-state index contributed by atoms with van der Waals surface area (Å²) in [6.07, 6.45) is 7.82. The van der Waals surface area contributed by atoms with E-state index in [1.165, 1.54) is 0 Å². The smallest absolute Gasteiger partial charge is 0.376 e. The van der Waals surface area contributed by atoms with Gasteiger partial charge in [0.05, 0.1) is 18.1 Å². The predicted molar refractivity (Wildman–Crippen MR) is 111 cm³/mol. The van der Waals surface area contributed by atoms with Crippen molar-refractivity contribution in [2.24, 2.45) is 7.05 Å². The van der Waals surface area contributed by atoms with Crippen molar-refractivity contribution in [1.29, 1.82) is 0 Å². The lowest BCUT2D eigenvalue weighted by Crippen LogP contribution is -2.43. The highest BCUT2D eigenvalue weighted by atomic mass is 16.2. The first kappa shape index (κ1) is 19.0. The van der Waals surface area contributed by atoms with Gasteiger partial charge in [-0.15, -0.1) is 0 Å². The molecule has 2 N–H and O–H groups in total. The van der Waals surface area contributed by atoms with Gasteiger partial charge in [-0.25, -0.2) is 4.98 Å². The topological polar surface area (TPSA) is 83.5 Å². The van der Waals surface area contributed by atoms with E-state index in [4.69, 9.17) is 4.98 Å². The number of aryl methyl sites for hydroxylation is 1. The fraction of sp³-hybridized carbons (Fsp3) is 0.526. The number of aromatic nitrogens is 5. The molecule has 3 aromatic heterocycles. The van der Waals surface area contributed by atoms with Crippen LogP contribution in [0.25, 0.3) is 16.8 Å². The second-order valence-electron chi connectivity index (χ2n) is 8.03. The van der Waals surface area contributed by atoms with Gasteiger partial charge in [-0.1, -0.05) is 0 Å². The van der Waals surface area contributed by atoms with Crippen LogP contribution in [-0.4, -0.2) is 60.4 Å². The fourth-order valence-corrected chi connectivity index (χ4v) is 3.94. The Morgan fingerprint density at radius 1 is 1.29 bits per heavy atom. The summed E-state index contributed by atoms with van der Waals surface area (Å²) < 4.78 is 3.67. The average Bonchev–Trinajstić information content (AvgIpc) is 3.27. The zero-order valence-corrected chi connectivity index (χ0v) is 17.0. The second-order valence-corrected chi connectivity index (χ2v) is 8.03. The maximum Gasteiger partial charge on any atom is 0.376 e. The van der Waals surface area contributed by atoms with E-state index in [1.54, 1.807) is 4.68 Å². The Bertz CT molecular complexity index is 965. The predicted octanol–water partition coefficient (Wildman–Crippen LogP) is 2.24. The molecule has 1 fully saturated rings. The van der Waals surface area contributed by atoms with Gasteiger partial charge >= 0.3 is 7.05 Å². The molecule has 9 heteroatoms. The lowest BCUT2D eigenvalue weighted by atomic mass is 9.80. The molecule has 28 heavy (non-hydrogen) atoms. The van der Waals surface area contributed by atoms with Crippen LogP contribution in [0.2, 0.25) is 6.82 Å². The molecule has 0 amide bonds. The van der Waals surface area contributed by atoms with Gasteiger partial charge < -0.3 is 15.2 Å². The minimum absolute atomic E-state index is 0.282. The van der Waals surface area contributed by atoms with Crippen molar-refractivity contribution < 1.29 is 5.02 Å². The van der Waals surface area contributed by atoms with Crippen molar-refractivity contribution in [1.82, 2.24) is 29.2 Å². The number of rotatable bonds is 5. The standard InChI is InChI=1S/C19H28BN7O/c1-13(2)23-18-8-17(14-6-5-7-26(12-14)20(3)28)24-19-16(10-22-27(18)19)15-9-21-25(4)11-15/h8-11,13-14,23,28H,5-7,12H2,1-4H3. The van der Waals surface area contributed by atoms with Crippen molar-refractivity contribution in [3.8, 4) is 11.1 Å². The molecule has 0 spiro atoms. The minimum atomic E-state index is -0.430. The van der Waals surface area contributed by atoms with Crippen molar-refractivity contribution in [2.75, 3.05) is 18.4 Å². The molecule has 1 aliphatic heterocycles. The molecule has 1 aliphatic rings. The zero-order valence-electron chi connectivity index (χ0n) is 17.0. The SMILES string of the molecule is CB(O)N1CCCC(c2cc(NC(C)C)n3ncc(-c4cnn(C)c4)c3n2)C1. The Hall–Kier alpha value is -2.39. The van der Waals surface area contributed by atoms with E-state index in [0.29, 0.717) is 0 Å². The molecular formula is C19H28BN7O. The number of piperidine rings is 1. The summed E-state index contributed by atoms with van der Waals surface area (Å²) in [5.74, 6) is 1.23. The van der Waals surface area contributed by atoms with Gasteiger partial charge in [0.15, 0.2) is 5.65 Å². The first-order valence-corrected chi connectivity index (χ1v) is 9.98. The molecule has 1 saturated heterocycles. The van der Waals surface area contributed by atoms with Crippen LogP contribution in [0.5, 0.6) is 0 Å². The van der Waals surface area contributed by atoms with Crippen LogP contribution in [0.3, 0.4) is 0 Å². The van der Waals surface area contributed by atoms with Gasteiger partial charge in [0, 0.05) is 42.4 Å². The summed E-state index contributed by atoms with van der Waals surface area (Å²) in [7, 11) is 1.48. The molecule has 4 rings (SSSR count). The summed E-state index contributed by atoms with van der Waals surface area (Å²) >= 11 is 0. The van der Waals surface area contributed by atoms with Crippen LogP contribution in [0.15, 0.2) is 24.7 Å². The molecule has 4 heterocycles. The average molecular weight is 381 g/mol. The van der Waals surface area contributed by atoms with Gasteiger partial charge in [0.1, 0.15) is 5.82 Å². The van der Waals surface area contributed by atoms with Gasteiger partial charge in [0.25, 0.3) is 0 Å². The Balaban J connectivity index is 1.80. The summed E-state index contributed by atoms with van der Waals surface area (Å²) in [5, 5.41) is 22.4. The maximum absolute atomic E-state index is 10.0. The van der Waals surface area contributed by atoms with Crippen LogP contribution in [0, 0.1) is 0 Å². The third-order valence-electron chi connectivity index (χ3n) is 5.34. The third-order valence-corrected chi connectivity index (χ3v) is 5.34. The molecule has 0 radical (unpaired) electrons. The molecule has 1 atom stereocenters. The fourth-order valence-electron chi connectivity index (χ4n) is 3.94. The molecule has 3 aromatic rings. The number of hydrogen-bond donors (Lipinski definition) is 2. The number of nitrogens with one attached hydrogen (secondary N) is 1. The van der Waals surface area contributed by atoms with E-state index in [-0.39, 0.29) is 12.0 Å². The highest BCUT2D eigenvalue weighted by molar-refractivity contribution is 6.45. The van der Waals surface area contributed by atoms with Crippen LogP contribution in [-0.2, 0) is 7.05 Å². The van der Waals surface area contributed by atoms with Crippen molar-refractivity contribution in [3.63, 3.8) is 0 Å². The summed E-state index contributed by atoms with van der Waals surface area (Å²) in [5.41, 5.74) is 3.87. The monoisotopic (exact) mass is 381 g/mol. The van der Waals surface area contributed by atoms with Crippen LogP contribution in [0.1, 0.15) is 38.3 Å². The molecule has 1 unspecified atom stereocenters. The maximum atomic E-state index is 10.0. The molecule has 0 aliphatic carbocycles. The molecular weight excluding hydrogens is 353 g/mol. The van der Waals surface area contributed by atoms with Crippen LogP contribution < -0.4 is 5.32 Å². The van der Waals surface area contributed by atoms with E-state index >= 15 is 0 Å². The highest BCUT2D eigenvalue weighted by Gasteiger charge is 2.28. The molecule has 148 valence electrons.